The SMILES string of the molecule is CC1(C)Sc2cc(N)ccc2N(CC#N)C1=O. The summed E-state index contributed by atoms with van der Waals surface area (Å²) in [5.41, 5.74) is 7.18. The van der Waals surface area contributed by atoms with Gasteiger partial charge in [-0.2, -0.15) is 5.26 Å². The van der Waals surface area contributed by atoms with Gasteiger partial charge >= 0.3 is 0 Å². The molecule has 88 valence electrons. The number of nitrogen functional groups attached to an aromatic ring is 1. The molecule has 0 saturated heterocycles. The van der Waals surface area contributed by atoms with Crippen LogP contribution in [0.15, 0.2) is 23.1 Å². The van der Waals surface area contributed by atoms with E-state index in [4.69, 9.17) is 11.0 Å². The first-order valence-corrected chi connectivity index (χ1v) is 6.05. The number of amides is 1. The summed E-state index contributed by atoms with van der Waals surface area (Å²) in [6.07, 6.45) is 0. The molecule has 1 aliphatic heterocycles. The number of nitriles is 1. The molecule has 1 heterocycles. The number of hydrogen-bond acceptors (Lipinski definition) is 4. The Hall–Kier alpha value is -1.67. The second kappa shape index (κ2) is 3.97. The second-order valence-electron chi connectivity index (χ2n) is 4.39. The second-order valence-corrected chi connectivity index (χ2v) is 6.05. The standard InChI is InChI=1S/C12H13N3OS/c1-12(2)11(16)15(6-5-13)9-4-3-8(14)7-10(9)17-12/h3-4,7H,6,14H2,1-2H3. The third-order valence-electron chi connectivity index (χ3n) is 2.63. The van der Waals surface area contributed by atoms with Crippen LogP contribution in [-0.4, -0.2) is 17.2 Å². The summed E-state index contributed by atoms with van der Waals surface area (Å²) in [5, 5.41) is 8.81. The minimum absolute atomic E-state index is 0.0404. The lowest BCUT2D eigenvalue weighted by Gasteiger charge is -2.36. The minimum atomic E-state index is -0.558. The quantitative estimate of drug-likeness (QED) is 0.608. The normalized spacial score (nSPS) is 17.5. The predicted octanol–water partition coefficient (Wildman–Crippen LogP) is 2.01. The highest BCUT2D eigenvalue weighted by molar-refractivity contribution is 8.01. The van der Waals surface area contributed by atoms with Crippen molar-refractivity contribution in [2.75, 3.05) is 17.2 Å². The number of thioether (sulfide) groups is 1. The number of hydrogen-bond donors (Lipinski definition) is 1. The van der Waals surface area contributed by atoms with Gasteiger partial charge in [0.2, 0.25) is 5.91 Å². The fourth-order valence-corrected chi connectivity index (χ4v) is 3.04. The van der Waals surface area contributed by atoms with E-state index in [9.17, 15) is 4.79 Å². The van der Waals surface area contributed by atoms with Gasteiger partial charge in [0.15, 0.2) is 0 Å². The van der Waals surface area contributed by atoms with Gasteiger partial charge in [-0.05, 0) is 32.0 Å². The van der Waals surface area contributed by atoms with Crippen molar-refractivity contribution in [3.8, 4) is 6.07 Å². The smallest absolute Gasteiger partial charge is 0.243 e. The molecule has 0 atom stereocenters. The molecular formula is C12H13N3OS. The topological polar surface area (TPSA) is 70.1 Å². The van der Waals surface area contributed by atoms with Gasteiger partial charge < -0.3 is 5.73 Å². The molecule has 0 fully saturated rings. The maximum absolute atomic E-state index is 12.2. The summed E-state index contributed by atoms with van der Waals surface area (Å²) in [6, 6.07) is 7.41. The Labute approximate surface area is 104 Å². The summed E-state index contributed by atoms with van der Waals surface area (Å²) < 4.78 is -0.558. The number of fused-ring (bicyclic) bond motifs is 1. The molecule has 0 spiro atoms. The van der Waals surface area contributed by atoms with Crippen LogP contribution in [0.25, 0.3) is 0 Å². The average Bonchev–Trinajstić information content (AvgIpc) is 2.24. The van der Waals surface area contributed by atoms with Crippen LogP contribution in [0.2, 0.25) is 0 Å². The molecule has 1 aliphatic rings. The van der Waals surface area contributed by atoms with Crippen LogP contribution in [0.4, 0.5) is 11.4 Å². The van der Waals surface area contributed by atoms with Crippen molar-refractivity contribution in [2.24, 2.45) is 0 Å². The van der Waals surface area contributed by atoms with Crippen LogP contribution in [0, 0.1) is 11.3 Å². The molecule has 2 N–H and O–H groups in total. The lowest BCUT2D eigenvalue weighted by atomic mass is 10.1. The van der Waals surface area contributed by atoms with Gasteiger partial charge in [-0.25, -0.2) is 0 Å². The van der Waals surface area contributed by atoms with Crippen molar-refractivity contribution >= 4 is 29.0 Å². The van der Waals surface area contributed by atoms with Gasteiger partial charge in [0, 0.05) is 10.6 Å². The summed E-state index contributed by atoms with van der Waals surface area (Å²) in [4.78, 5) is 14.7. The molecule has 0 aliphatic carbocycles. The lowest BCUT2D eigenvalue weighted by Crippen LogP contribution is -2.46. The molecule has 1 aromatic carbocycles. The van der Waals surface area contributed by atoms with Crippen molar-refractivity contribution in [1.82, 2.24) is 0 Å². The number of rotatable bonds is 1. The first-order chi connectivity index (χ1) is 7.95. The highest BCUT2D eigenvalue weighted by Crippen LogP contribution is 2.45. The van der Waals surface area contributed by atoms with E-state index >= 15 is 0 Å². The third-order valence-corrected chi connectivity index (χ3v) is 3.86. The van der Waals surface area contributed by atoms with Crippen molar-refractivity contribution in [3.05, 3.63) is 18.2 Å². The minimum Gasteiger partial charge on any atom is -0.399 e. The fraction of sp³-hybridized carbons (Fsp3) is 0.333. The molecule has 0 unspecified atom stereocenters. The van der Waals surface area contributed by atoms with Gasteiger partial charge in [-0.1, -0.05) is 0 Å². The zero-order valence-corrected chi connectivity index (χ0v) is 10.5. The lowest BCUT2D eigenvalue weighted by molar-refractivity contribution is -0.120. The number of nitrogens with zero attached hydrogens (tertiary/aromatic N) is 2. The van der Waals surface area contributed by atoms with E-state index in [1.807, 2.05) is 26.0 Å². The molecule has 0 bridgehead atoms. The zero-order chi connectivity index (χ0) is 12.6. The molecule has 0 radical (unpaired) electrons. The Kier molecular flexibility index (Phi) is 2.76. The van der Waals surface area contributed by atoms with Gasteiger partial charge in [0.05, 0.1) is 16.5 Å². The van der Waals surface area contributed by atoms with Gasteiger partial charge in [0.25, 0.3) is 0 Å². The van der Waals surface area contributed by atoms with E-state index in [1.165, 1.54) is 16.7 Å². The van der Waals surface area contributed by atoms with Crippen LogP contribution in [0.5, 0.6) is 0 Å². The van der Waals surface area contributed by atoms with Crippen LogP contribution in [0.1, 0.15) is 13.8 Å². The molecular weight excluding hydrogens is 234 g/mol. The van der Waals surface area contributed by atoms with Crippen molar-refractivity contribution < 1.29 is 4.79 Å². The Morgan fingerprint density at radius 1 is 1.53 bits per heavy atom. The molecule has 1 amide bonds. The van der Waals surface area contributed by atoms with Crippen molar-refractivity contribution in [2.45, 2.75) is 23.5 Å². The van der Waals surface area contributed by atoms with Crippen LogP contribution < -0.4 is 10.6 Å². The fourth-order valence-electron chi connectivity index (χ4n) is 1.82. The molecule has 17 heavy (non-hydrogen) atoms. The molecule has 1 aromatic rings. The van der Waals surface area contributed by atoms with E-state index in [-0.39, 0.29) is 12.5 Å². The average molecular weight is 247 g/mol. The number of carbonyl (C=O) groups excluding carboxylic acids is 1. The maximum atomic E-state index is 12.2. The van der Waals surface area contributed by atoms with Crippen molar-refractivity contribution in [1.29, 1.82) is 5.26 Å². The number of anilines is 2. The summed E-state index contributed by atoms with van der Waals surface area (Å²) >= 11 is 1.49. The monoisotopic (exact) mass is 247 g/mol. The zero-order valence-electron chi connectivity index (χ0n) is 9.73. The van der Waals surface area contributed by atoms with Gasteiger partial charge in [-0.15, -0.1) is 11.8 Å². The molecule has 2 rings (SSSR count). The maximum Gasteiger partial charge on any atom is 0.243 e. The molecule has 5 heteroatoms. The summed E-state index contributed by atoms with van der Waals surface area (Å²) in [6.45, 7) is 3.78. The summed E-state index contributed by atoms with van der Waals surface area (Å²) in [7, 11) is 0. The predicted molar refractivity (Wildman–Crippen MR) is 68.8 cm³/mol. The van der Waals surface area contributed by atoms with E-state index in [1.54, 1.807) is 12.1 Å². The Morgan fingerprint density at radius 3 is 2.88 bits per heavy atom. The van der Waals surface area contributed by atoms with Crippen LogP contribution in [-0.2, 0) is 4.79 Å². The van der Waals surface area contributed by atoms with E-state index in [2.05, 4.69) is 0 Å². The van der Waals surface area contributed by atoms with E-state index in [0.29, 0.717) is 5.69 Å². The van der Waals surface area contributed by atoms with E-state index in [0.717, 1.165) is 10.6 Å². The Balaban J connectivity index is 2.55. The number of carbonyl (C=O) groups is 1. The first kappa shape index (κ1) is 11.8. The highest BCUT2D eigenvalue weighted by Gasteiger charge is 2.39. The Morgan fingerprint density at radius 2 is 2.24 bits per heavy atom. The summed E-state index contributed by atoms with van der Waals surface area (Å²) in [5.74, 6) is -0.0404. The number of nitrogens with two attached hydrogens (primary N) is 1. The molecule has 0 aromatic heterocycles. The molecule has 0 saturated carbocycles. The van der Waals surface area contributed by atoms with Crippen LogP contribution in [0.3, 0.4) is 0 Å². The van der Waals surface area contributed by atoms with Gasteiger partial charge in [0.1, 0.15) is 6.54 Å². The largest absolute Gasteiger partial charge is 0.399 e. The van der Waals surface area contributed by atoms with Crippen LogP contribution >= 0.6 is 11.8 Å². The third kappa shape index (κ3) is 1.96. The number of benzene rings is 1. The first-order valence-electron chi connectivity index (χ1n) is 5.23. The Bertz CT molecular complexity index is 519. The van der Waals surface area contributed by atoms with E-state index < -0.39 is 4.75 Å². The van der Waals surface area contributed by atoms with Gasteiger partial charge in [-0.3, -0.25) is 9.69 Å². The molecule has 4 nitrogen and oxygen atoms in total. The highest BCUT2D eigenvalue weighted by atomic mass is 32.2. The van der Waals surface area contributed by atoms with Crippen molar-refractivity contribution in [3.63, 3.8) is 0 Å².